The number of nitro groups is 1. The minimum atomic E-state index is -0.720. The van der Waals surface area contributed by atoms with Gasteiger partial charge in [-0.2, -0.15) is 5.26 Å². The summed E-state index contributed by atoms with van der Waals surface area (Å²) >= 11 is 5.71. The van der Waals surface area contributed by atoms with Crippen LogP contribution in [0.4, 0.5) is 22.7 Å². The molecule has 0 heterocycles. The van der Waals surface area contributed by atoms with E-state index in [1.807, 2.05) is 0 Å². The summed E-state index contributed by atoms with van der Waals surface area (Å²) in [5, 5.41) is 25.1. The first-order valence-corrected chi connectivity index (χ1v) is 7.26. The van der Waals surface area contributed by atoms with E-state index in [9.17, 15) is 14.9 Å². The van der Waals surface area contributed by atoms with Gasteiger partial charge in [0, 0.05) is 29.3 Å². The molecular formula is C16H12ClN5O3. The van der Waals surface area contributed by atoms with Crippen molar-refractivity contribution >= 4 is 40.3 Å². The largest absolute Gasteiger partial charge is 0.399 e. The van der Waals surface area contributed by atoms with Crippen LogP contribution in [-0.4, -0.2) is 10.8 Å². The molecule has 0 radical (unpaired) electrons. The van der Waals surface area contributed by atoms with E-state index >= 15 is 0 Å². The average molecular weight is 358 g/mol. The van der Waals surface area contributed by atoms with E-state index in [1.165, 1.54) is 18.3 Å². The van der Waals surface area contributed by atoms with Crippen molar-refractivity contribution in [2.75, 3.05) is 16.4 Å². The quantitative estimate of drug-likeness (QED) is 0.247. The van der Waals surface area contributed by atoms with E-state index < -0.39 is 10.8 Å². The number of nitro benzene ring substituents is 1. The van der Waals surface area contributed by atoms with Crippen molar-refractivity contribution < 1.29 is 9.72 Å². The third-order valence-corrected chi connectivity index (χ3v) is 3.38. The molecule has 0 fully saturated rings. The second-order valence-electron chi connectivity index (χ2n) is 4.81. The van der Waals surface area contributed by atoms with Crippen LogP contribution in [0.1, 0.15) is 0 Å². The Morgan fingerprint density at radius 1 is 1.24 bits per heavy atom. The van der Waals surface area contributed by atoms with Crippen LogP contribution in [0.3, 0.4) is 0 Å². The number of carbonyl (C=O) groups is 1. The topological polar surface area (TPSA) is 134 Å². The average Bonchev–Trinajstić information content (AvgIpc) is 2.58. The highest BCUT2D eigenvalue weighted by molar-refractivity contribution is 6.32. The number of rotatable bonds is 5. The predicted molar refractivity (Wildman–Crippen MR) is 94.9 cm³/mol. The summed E-state index contributed by atoms with van der Waals surface area (Å²) in [5.74, 6) is -0.720. The van der Waals surface area contributed by atoms with Gasteiger partial charge in [0.2, 0.25) is 0 Å². The highest BCUT2D eigenvalue weighted by atomic mass is 35.5. The number of carbonyl (C=O) groups excluding carboxylic acids is 1. The fourth-order valence-corrected chi connectivity index (χ4v) is 2.00. The zero-order valence-corrected chi connectivity index (χ0v) is 13.4. The maximum absolute atomic E-state index is 12.1. The standard InChI is InChI=1S/C16H12ClN5O3/c17-14-6-5-13(7-15(14)22(24)25)21-16(23)10(8-18)9-20-12-3-1-11(19)2-4-12/h1-7,9,20H,19H2,(H,21,23)/b10-9-. The van der Waals surface area contributed by atoms with Crippen LogP contribution < -0.4 is 16.4 Å². The maximum Gasteiger partial charge on any atom is 0.289 e. The fourth-order valence-electron chi connectivity index (χ4n) is 1.81. The molecule has 2 aromatic carbocycles. The van der Waals surface area contributed by atoms with Gasteiger partial charge in [-0.1, -0.05) is 11.6 Å². The molecule has 0 saturated heterocycles. The first kappa shape index (κ1) is 17.8. The van der Waals surface area contributed by atoms with Crippen LogP contribution >= 0.6 is 11.6 Å². The number of amides is 1. The van der Waals surface area contributed by atoms with E-state index in [1.54, 1.807) is 30.3 Å². The van der Waals surface area contributed by atoms with E-state index in [0.29, 0.717) is 11.4 Å². The molecule has 9 heteroatoms. The predicted octanol–water partition coefficient (Wildman–Crippen LogP) is 3.29. The van der Waals surface area contributed by atoms with E-state index in [2.05, 4.69) is 10.6 Å². The zero-order chi connectivity index (χ0) is 18.4. The number of nitriles is 1. The highest BCUT2D eigenvalue weighted by Crippen LogP contribution is 2.27. The van der Waals surface area contributed by atoms with Crippen molar-refractivity contribution in [2.24, 2.45) is 0 Å². The smallest absolute Gasteiger partial charge is 0.289 e. The van der Waals surface area contributed by atoms with Crippen molar-refractivity contribution in [3.8, 4) is 6.07 Å². The summed E-state index contributed by atoms with van der Waals surface area (Å²) in [7, 11) is 0. The number of hydrogen-bond donors (Lipinski definition) is 3. The molecule has 0 atom stereocenters. The molecule has 0 aliphatic rings. The number of hydrogen-bond acceptors (Lipinski definition) is 6. The molecule has 0 spiro atoms. The lowest BCUT2D eigenvalue weighted by atomic mass is 10.2. The van der Waals surface area contributed by atoms with Gasteiger partial charge in [0.25, 0.3) is 11.6 Å². The third kappa shape index (κ3) is 4.70. The Labute approximate surface area is 147 Å². The normalized spacial score (nSPS) is 10.6. The minimum Gasteiger partial charge on any atom is -0.399 e. The molecule has 126 valence electrons. The van der Waals surface area contributed by atoms with Crippen molar-refractivity contribution in [1.29, 1.82) is 5.26 Å². The second kappa shape index (κ2) is 7.81. The molecule has 0 unspecified atom stereocenters. The summed E-state index contributed by atoms with van der Waals surface area (Å²) < 4.78 is 0. The first-order valence-electron chi connectivity index (χ1n) is 6.88. The van der Waals surface area contributed by atoms with Crippen molar-refractivity contribution in [2.45, 2.75) is 0 Å². The van der Waals surface area contributed by atoms with Crippen molar-refractivity contribution in [3.63, 3.8) is 0 Å². The SMILES string of the molecule is N#C/C(=C/Nc1ccc(N)cc1)C(=O)Nc1ccc(Cl)c([N+](=O)[O-])c1. The van der Waals surface area contributed by atoms with Gasteiger partial charge in [-0.3, -0.25) is 14.9 Å². The number of benzene rings is 2. The third-order valence-electron chi connectivity index (χ3n) is 3.06. The summed E-state index contributed by atoms with van der Waals surface area (Å²) in [6.45, 7) is 0. The molecule has 2 aromatic rings. The Morgan fingerprint density at radius 2 is 1.88 bits per heavy atom. The monoisotopic (exact) mass is 357 g/mol. The molecule has 0 aliphatic carbocycles. The molecule has 0 saturated carbocycles. The van der Waals surface area contributed by atoms with Gasteiger partial charge in [-0.25, -0.2) is 0 Å². The van der Waals surface area contributed by atoms with Crippen LogP contribution in [0.5, 0.6) is 0 Å². The Hall–Kier alpha value is -3.57. The number of nitrogens with two attached hydrogens (primary N) is 1. The summed E-state index contributed by atoms with van der Waals surface area (Å²) in [6.07, 6.45) is 1.23. The number of anilines is 3. The van der Waals surface area contributed by atoms with Crippen LogP contribution in [-0.2, 0) is 4.79 Å². The number of nitrogens with zero attached hydrogens (tertiary/aromatic N) is 2. The molecule has 4 N–H and O–H groups in total. The van der Waals surface area contributed by atoms with Gasteiger partial charge in [-0.05, 0) is 36.4 Å². The fraction of sp³-hybridized carbons (Fsp3) is 0. The van der Waals surface area contributed by atoms with E-state index in [4.69, 9.17) is 22.6 Å². The van der Waals surface area contributed by atoms with Crippen LogP contribution in [0.15, 0.2) is 54.2 Å². The second-order valence-corrected chi connectivity index (χ2v) is 5.22. The highest BCUT2D eigenvalue weighted by Gasteiger charge is 2.15. The summed E-state index contributed by atoms with van der Waals surface area (Å²) in [6, 6.07) is 12.2. The Balaban J connectivity index is 2.13. The molecule has 0 bridgehead atoms. The van der Waals surface area contributed by atoms with Gasteiger partial charge in [0.15, 0.2) is 0 Å². The molecule has 0 aliphatic heterocycles. The van der Waals surface area contributed by atoms with Crippen LogP contribution in [0, 0.1) is 21.4 Å². The Bertz CT molecular complexity index is 888. The lowest BCUT2D eigenvalue weighted by Crippen LogP contribution is -2.14. The maximum atomic E-state index is 12.1. The van der Waals surface area contributed by atoms with Gasteiger partial charge < -0.3 is 16.4 Å². The molecule has 0 aromatic heterocycles. The minimum absolute atomic E-state index is 0.0518. The lowest BCUT2D eigenvalue weighted by Gasteiger charge is -2.06. The first-order chi connectivity index (χ1) is 11.9. The zero-order valence-electron chi connectivity index (χ0n) is 12.7. The molecule has 25 heavy (non-hydrogen) atoms. The van der Waals surface area contributed by atoms with Gasteiger partial charge in [0.1, 0.15) is 16.7 Å². The number of nitrogen functional groups attached to an aromatic ring is 1. The van der Waals surface area contributed by atoms with E-state index in [0.717, 1.165) is 6.07 Å². The van der Waals surface area contributed by atoms with Gasteiger partial charge in [0.05, 0.1) is 4.92 Å². The molecule has 2 rings (SSSR count). The summed E-state index contributed by atoms with van der Waals surface area (Å²) in [5.41, 5.74) is 6.38. The molecule has 1 amide bonds. The number of nitrogens with one attached hydrogen (secondary N) is 2. The lowest BCUT2D eigenvalue weighted by molar-refractivity contribution is -0.384. The molecular weight excluding hydrogens is 346 g/mol. The van der Waals surface area contributed by atoms with Crippen LogP contribution in [0.25, 0.3) is 0 Å². The van der Waals surface area contributed by atoms with E-state index in [-0.39, 0.29) is 22.0 Å². The Morgan fingerprint density at radius 3 is 2.48 bits per heavy atom. The number of halogens is 1. The van der Waals surface area contributed by atoms with Crippen molar-refractivity contribution in [1.82, 2.24) is 0 Å². The summed E-state index contributed by atoms with van der Waals surface area (Å²) in [4.78, 5) is 22.3. The van der Waals surface area contributed by atoms with Gasteiger partial charge in [-0.15, -0.1) is 0 Å². The van der Waals surface area contributed by atoms with Crippen molar-refractivity contribution in [3.05, 3.63) is 69.4 Å². The van der Waals surface area contributed by atoms with Crippen LogP contribution in [0.2, 0.25) is 5.02 Å². The molecule has 8 nitrogen and oxygen atoms in total. The Kier molecular flexibility index (Phi) is 5.55. The van der Waals surface area contributed by atoms with Gasteiger partial charge >= 0.3 is 0 Å².